The first-order valence-electron chi connectivity index (χ1n) is 6.57. The van der Waals surface area contributed by atoms with Gasteiger partial charge >= 0.3 is 0 Å². The number of rotatable bonds is 6. The highest BCUT2D eigenvalue weighted by Gasteiger charge is 2.13. The Hall–Kier alpha value is -2.07. The molecule has 2 N–H and O–H groups in total. The first-order valence-corrected chi connectivity index (χ1v) is 6.57. The Bertz CT molecular complexity index is 560. The molecule has 0 heterocycles. The fourth-order valence-electron chi connectivity index (χ4n) is 1.90. The van der Waals surface area contributed by atoms with Crippen molar-refractivity contribution in [2.75, 3.05) is 13.2 Å². The van der Waals surface area contributed by atoms with E-state index in [1.165, 1.54) is 6.07 Å². The maximum absolute atomic E-state index is 13.5. The van der Waals surface area contributed by atoms with Crippen LogP contribution in [0.25, 0.3) is 0 Å². The molecule has 20 heavy (non-hydrogen) atoms. The van der Waals surface area contributed by atoms with Crippen LogP contribution < -0.4 is 15.2 Å². The van der Waals surface area contributed by atoms with Crippen LogP contribution in [0.3, 0.4) is 0 Å². The van der Waals surface area contributed by atoms with Crippen LogP contribution in [0.5, 0.6) is 11.5 Å². The molecule has 2 aromatic rings. The number of para-hydroxylation sites is 2. The molecular formula is C16H18FNO2. The highest BCUT2D eigenvalue weighted by molar-refractivity contribution is 5.36. The lowest BCUT2D eigenvalue weighted by Crippen LogP contribution is -2.20. The van der Waals surface area contributed by atoms with Gasteiger partial charge in [0.15, 0.2) is 11.6 Å². The molecule has 106 valence electrons. The molecule has 0 radical (unpaired) electrons. The summed E-state index contributed by atoms with van der Waals surface area (Å²) in [6.45, 7) is 2.67. The van der Waals surface area contributed by atoms with Gasteiger partial charge in [0, 0.05) is 5.56 Å². The van der Waals surface area contributed by atoms with E-state index in [1.807, 2.05) is 31.2 Å². The zero-order chi connectivity index (χ0) is 14.4. The van der Waals surface area contributed by atoms with Crippen molar-refractivity contribution in [3.63, 3.8) is 0 Å². The molecule has 0 saturated carbocycles. The summed E-state index contributed by atoms with van der Waals surface area (Å²) in [5.41, 5.74) is 6.95. The van der Waals surface area contributed by atoms with Gasteiger partial charge in [0.25, 0.3) is 0 Å². The molecule has 0 spiro atoms. The molecule has 0 fully saturated rings. The molecule has 0 aliphatic heterocycles. The molecule has 0 aromatic heterocycles. The van der Waals surface area contributed by atoms with Crippen LogP contribution in [0.15, 0.2) is 48.5 Å². The Labute approximate surface area is 118 Å². The van der Waals surface area contributed by atoms with Crippen LogP contribution in [-0.4, -0.2) is 13.2 Å². The van der Waals surface area contributed by atoms with E-state index in [1.54, 1.807) is 18.2 Å². The molecule has 2 aromatic carbocycles. The van der Waals surface area contributed by atoms with Crippen molar-refractivity contribution in [3.05, 3.63) is 59.9 Å². The SMILES string of the molecule is CCOc1ccccc1C(N)COc1ccccc1F. The predicted octanol–water partition coefficient (Wildman–Crippen LogP) is 3.30. The van der Waals surface area contributed by atoms with Crippen molar-refractivity contribution in [1.29, 1.82) is 0 Å². The van der Waals surface area contributed by atoms with Gasteiger partial charge in [-0.3, -0.25) is 0 Å². The lowest BCUT2D eigenvalue weighted by atomic mass is 10.1. The molecule has 2 rings (SSSR count). The second kappa shape index (κ2) is 6.91. The zero-order valence-electron chi connectivity index (χ0n) is 11.4. The van der Waals surface area contributed by atoms with E-state index in [-0.39, 0.29) is 18.4 Å². The number of ether oxygens (including phenoxy) is 2. The molecular weight excluding hydrogens is 257 g/mol. The van der Waals surface area contributed by atoms with E-state index in [2.05, 4.69) is 0 Å². The molecule has 0 aliphatic carbocycles. The van der Waals surface area contributed by atoms with Crippen molar-refractivity contribution in [2.24, 2.45) is 5.73 Å². The van der Waals surface area contributed by atoms with Crippen LogP contribution in [0.1, 0.15) is 18.5 Å². The lowest BCUT2D eigenvalue weighted by molar-refractivity contribution is 0.271. The maximum Gasteiger partial charge on any atom is 0.165 e. The third kappa shape index (κ3) is 3.48. The van der Waals surface area contributed by atoms with Crippen molar-refractivity contribution in [1.82, 2.24) is 0 Å². The molecule has 3 nitrogen and oxygen atoms in total. The average molecular weight is 275 g/mol. The van der Waals surface area contributed by atoms with Gasteiger partial charge in [-0.05, 0) is 25.1 Å². The van der Waals surface area contributed by atoms with Gasteiger partial charge in [0.1, 0.15) is 12.4 Å². The van der Waals surface area contributed by atoms with Crippen molar-refractivity contribution in [2.45, 2.75) is 13.0 Å². The number of hydrogen-bond donors (Lipinski definition) is 1. The topological polar surface area (TPSA) is 44.5 Å². The normalized spacial score (nSPS) is 11.9. The summed E-state index contributed by atoms with van der Waals surface area (Å²) >= 11 is 0. The Balaban J connectivity index is 2.05. The minimum absolute atomic E-state index is 0.186. The number of nitrogens with two attached hydrogens (primary N) is 1. The van der Waals surface area contributed by atoms with Crippen molar-refractivity contribution < 1.29 is 13.9 Å². The summed E-state index contributed by atoms with van der Waals surface area (Å²) in [5.74, 6) is 0.550. The first kappa shape index (κ1) is 14.3. The minimum Gasteiger partial charge on any atom is -0.494 e. The van der Waals surface area contributed by atoms with Gasteiger partial charge < -0.3 is 15.2 Å². The van der Waals surface area contributed by atoms with Gasteiger partial charge in [-0.1, -0.05) is 30.3 Å². The summed E-state index contributed by atoms with van der Waals surface area (Å²) in [5, 5.41) is 0. The molecule has 0 bridgehead atoms. The smallest absolute Gasteiger partial charge is 0.165 e. The maximum atomic E-state index is 13.5. The lowest BCUT2D eigenvalue weighted by Gasteiger charge is -2.17. The van der Waals surface area contributed by atoms with Crippen LogP contribution in [0, 0.1) is 5.82 Å². The molecule has 0 aliphatic rings. The van der Waals surface area contributed by atoms with Gasteiger partial charge in [-0.2, -0.15) is 0 Å². The quantitative estimate of drug-likeness (QED) is 0.879. The van der Waals surface area contributed by atoms with E-state index < -0.39 is 5.82 Å². The number of benzene rings is 2. The Morgan fingerprint density at radius 1 is 1.00 bits per heavy atom. The molecule has 1 atom stereocenters. The number of halogens is 1. The van der Waals surface area contributed by atoms with Crippen LogP contribution in [-0.2, 0) is 0 Å². The third-order valence-corrected chi connectivity index (χ3v) is 2.87. The summed E-state index contributed by atoms with van der Waals surface area (Å²) in [6.07, 6.45) is 0. The summed E-state index contributed by atoms with van der Waals surface area (Å²) < 4.78 is 24.4. The molecule has 1 unspecified atom stereocenters. The molecule has 0 saturated heterocycles. The van der Waals surface area contributed by atoms with Crippen LogP contribution in [0.2, 0.25) is 0 Å². The largest absolute Gasteiger partial charge is 0.494 e. The minimum atomic E-state index is -0.391. The van der Waals surface area contributed by atoms with Crippen LogP contribution in [0.4, 0.5) is 4.39 Å². The van der Waals surface area contributed by atoms with Gasteiger partial charge in [-0.25, -0.2) is 4.39 Å². The zero-order valence-corrected chi connectivity index (χ0v) is 11.4. The first-order chi connectivity index (χ1) is 9.72. The highest BCUT2D eigenvalue weighted by atomic mass is 19.1. The van der Waals surface area contributed by atoms with E-state index in [0.29, 0.717) is 6.61 Å². The summed E-state index contributed by atoms with van der Waals surface area (Å²) in [6, 6.07) is 13.4. The van der Waals surface area contributed by atoms with E-state index in [9.17, 15) is 4.39 Å². The summed E-state index contributed by atoms with van der Waals surface area (Å²) in [7, 11) is 0. The van der Waals surface area contributed by atoms with Gasteiger partial charge in [0.2, 0.25) is 0 Å². The second-order valence-corrected chi connectivity index (χ2v) is 4.32. The van der Waals surface area contributed by atoms with E-state index in [4.69, 9.17) is 15.2 Å². The molecule has 4 heteroatoms. The van der Waals surface area contributed by atoms with Crippen molar-refractivity contribution >= 4 is 0 Å². The van der Waals surface area contributed by atoms with Crippen molar-refractivity contribution in [3.8, 4) is 11.5 Å². The fraction of sp³-hybridized carbons (Fsp3) is 0.250. The fourth-order valence-corrected chi connectivity index (χ4v) is 1.90. The second-order valence-electron chi connectivity index (χ2n) is 4.32. The third-order valence-electron chi connectivity index (χ3n) is 2.87. The van der Waals surface area contributed by atoms with Crippen LogP contribution >= 0.6 is 0 Å². The summed E-state index contributed by atoms with van der Waals surface area (Å²) in [4.78, 5) is 0. The van der Waals surface area contributed by atoms with Gasteiger partial charge in [-0.15, -0.1) is 0 Å². The monoisotopic (exact) mass is 275 g/mol. The predicted molar refractivity (Wildman–Crippen MR) is 76.4 cm³/mol. The van der Waals surface area contributed by atoms with E-state index >= 15 is 0 Å². The van der Waals surface area contributed by atoms with E-state index in [0.717, 1.165) is 11.3 Å². The molecule has 0 amide bonds. The Morgan fingerprint density at radius 3 is 2.35 bits per heavy atom. The standard InChI is InChI=1S/C16H18FNO2/c1-2-19-15-9-5-3-7-12(15)14(18)11-20-16-10-6-4-8-13(16)17/h3-10,14H,2,11,18H2,1H3. The Morgan fingerprint density at radius 2 is 1.65 bits per heavy atom. The highest BCUT2D eigenvalue weighted by Crippen LogP contribution is 2.25. The number of hydrogen-bond acceptors (Lipinski definition) is 3. The average Bonchev–Trinajstić information content (AvgIpc) is 2.47. The Kier molecular flexibility index (Phi) is 4.96. The van der Waals surface area contributed by atoms with Gasteiger partial charge in [0.05, 0.1) is 12.6 Å².